The molecule has 0 saturated carbocycles. The first-order valence-electron chi connectivity index (χ1n) is 11.2. The van der Waals surface area contributed by atoms with E-state index >= 15 is 0 Å². The molecule has 1 aromatic heterocycles. The van der Waals surface area contributed by atoms with Gasteiger partial charge in [-0.1, -0.05) is 11.6 Å². The fourth-order valence-corrected chi connectivity index (χ4v) is 4.13. The van der Waals surface area contributed by atoms with Crippen molar-refractivity contribution in [2.75, 3.05) is 13.2 Å². The van der Waals surface area contributed by atoms with Crippen molar-refractivity contribution in [3.63, 3.8) is 0 Å². The number of aromatic nitrogens is 1. The molecule has 34 heavy (non-hydrogen) atoms. The van der Waals surface area contributed by atoms with E-state index in [1.165, 1.54) is 4.90 Å². The second-order valence-electron chi connectivity index (χ2n) is 9.68. The van der Waals surface area contributed by atoms with E-state index in [-0.39, 0.29) is 19.6 Å². The number of benzene rings is 1. The van der Waals surface area contributed by atoms with Gasteiger partial charge in [-0.05, 0) is 65.8 Å². The Labute approximate surface area is 204 Å². The lowest BCUT2D eigenvalue weighted by molar-refractivity contribution is -0.144. The van der Waals surface area contributed by atoms with Crippen LogP contribution in [0.15, 0.2) is 24.3 Å². The predicted octanol–water partition coefficient (Wildman–Crippen LogP) is 4.24. The number of nitrogens with one attached hydrogen (secondary N) is 2. The lowest BCUT2D eigenvalue weighted by Crippen LogP contribution is -2.57. The summed E-state index contributed by atoms with van der Waals surface area (Å²) < 4.78 is 16.6. The second-order valence-corrected chi connectivity index (χ2v) is 10.1. The van der Waals surface area contributed by atoms with Crippen molar-refractivity contribution in [1.29, 1.82) is 0 Å². The molecule has 1 aliphatic heterocycles. The fraction of sp³-hybridized carbons (Fsp3) is 0.542. The maximum absolute atomic E-state index is 13.2. The molecular weight excluding hydrogens is 462 g/mol. The Morgan fingerprint density at radius 1 is 1.29 bits per heavy atom. The zero-order valence-electron chi connectivity index (χ0n) is 20.4. The van der Waals surface area contributed by atoms with Crippen molar-refractivity contribution >= 4 is 40.5 Å². The van der Waals surface area contributed by atoms with Crippen LogP contribution in [0.25, 0.3) is 10.9 Å². The molecule has 1 unspecified atom stereocenters. The number of nitrogens with zero attached hydrogens (tertiary/aromatic N) is 1. The highest BCUT2D eigenvalue weighted by atomic mass is 35.5. The van der Waals surface area contributed by atoms with Gasteiger partial charge in [0.05, 0.1) is 31.7 Å². The topological polar surface area (TPSA) is 110 Å². The van der Waals surface area contributed by atoms with Crippen LogP contribution >= 0.6 is 11.6 Å². The van der Waals surface area contributed by atoms with Gasteiger partial charge in [0.25, 0.3) is 5.91 Å². The molecule has 2 heterocycles. The molecule has 1 fully saturated rings. The summed E-state index contributed by atoms with van der Waals surface area (Å²) in [7, 11) is 0. The number of rotatable bonds is 6. The van der Waals surface area contributed by atoms with Crippen molar-refractivity contribution in [2.45, 2.75) is 71.4 Å². The molecule has 2 N–H and O–H groups in total. The fourth-order valence-electron chi connectivity index (χ4n) is 3.95. The van der Waals surface area contributed by atoms with Gasteiger partial charge < -0.3 is 24.5 Å². The van der Waals surface area contributed by atoms with Gasteiger partial charge in [-0.2, -0.15) is 0 Å². The summed E-state index contributed by atoms with van der Waals surface area (Å²) in [6.07, 6.45) is -0.738. The van der Waals surface area contributed by atoms with E-state index in [4.69, 9.17) is 25.8 Å². The van der Waals surface area contributed by atoms with E-state index < -0.39 is 41.4 Å². The summed E-state index contributed by atoms with van der Waals surface area (Å²) in [5, 5.41) is 4.22. The summed E-state index contributed by atoms with van der Waals surface area (Å²) in [5.41, 5.74) is -0.681. The quantitative estimate of drug-likeness (QED) is 0.582. The Hall–Kier alpha value is -2.78. The Morgan fingerprint density at radius 2 is 2.00 bits per heavy atom. The number of H-pyrrole nitrogens is 1. The minimum absolute atomic E-state index is 0.110. The Bertz CT molecular complexity index is 1070. The van der Waals surface area contributed by atoms with Gasteiger partial charge in [-0.15, -0.1) is 0 Å². The molecule has 0 bridgehead atoms. The molecule has 9 nitrogen and oxygen atoms in total. The molecule has 2 atom stereocenters. The molecule has 1 saturated heterocycles. The molecule has 1 aromatic carbocycles. The van der Waals surface area contributed by atoms with Gasteiger partial charge in [0.2, 0.25) is 0 Å². The minimum Gasteiger partial charge on any atom is -0.466 e. The summed E-state index contributed by atoms with van der Waals surface area (Å²) in [4.78, 5) is 43.1. The maximum atomic E-state index is 13.2. The Balaban J connectivity index is 1.89. The Kier molecular flexibility index (Phi) is 7.47. The third-order valence-electron chi connectivity index (χ3n) is 5.41. The first-order chi connectivity index (χ1) is 15.8. The first-order valence-corrected chi connectivity index (χ1v) is 11.6. The molecule has 186 valence electrons. The highest BCUT2D eigenvalue weighted by Gasteiger charge is 2.49. The van der Waals surface area contributed by atoms with E-state index in [2.05, 4.69) is 10.3 Å². The van der Waals surface area contributed by atoms with E-state index in [1.54, 1.807) is 65.8 Å². The predicted molar refractivity (Wildman–Crippen MR) is 128 cm³/mol. The smallest absolute Gasteiger partial charge is 0.412 e. The van der Waals surface area contributed by atoms with Crippen LogP contribution in [0, 0.1) is 0 Å². The number of carbonyl (C=O) groups is 3. The molecule has 3 rings (SSSR count). The Morgan fingerprint density at radius 3 is 2.65 bits per heavy atom. The van der Waals surface area contributed by atoms with Crippen LogP contribution in [-0.4, -0.2) is 64.5 Å². The van der Waals surface area contributed by atoms with Crippen molar-refractivity contribution in [3.8, 4) is 0 Å². The number of halogens is 1. The zero-order chi connectivity index (χ0) is 25.3. The van der Waals surface area contributed by atoms with E-state index in [1.807, 2.05) is 0 Å². The van der Waals surface area contributed by atoms with Crippen molar-refractivity contribution in [2.24, 2.45) is 0 Å². The van der Waals surface area contributed by atoms with Crippen molar-refractivity contribution in [1.82, 2.24) is 15.2 Å². The van der Waals surface area contributed by atoms with Gasteiger partial charge in [0, 0.05) is 15.9 Å². The van der Waals surface area contributed by atoms with Crippen LogP contribution in [0.3, 0.4) is 0 Å². The third-order valence-corrected chi connectivity index (χ3v) is 5.64. The van der Waals surface area contributed by atoms with Gasteiger partial charge in [0.1, 0.15) is 17.0 Å². The van der Waals surface area contributed by atoms with Gasteiger partial charge >= 0.3 is 12.1 Å². The van der Waals surface area contributed by atoms with Crippen LogP contribution in [0.1, 0.15) is 58.5 Å². The van der Waals surface area contributed by atoms with E-state index in [0.717, 1.165) is 10.9 Å². The molecule has 1 aliphatic rings. The van der Waals surface area contributed by atoms with Gasteiger partial charge in [-0.25, -0.2) is 4.79 Å². The monoisotopic (exact) mass is 493 g/mol. The zero-order valence-corrected chi connectivity index (χ0v) is 21.1. The highest BCUT2D eigenvalue weighted by Crippen LogP contribution is 2.32. The number of carbonyl (C=O) groups excluding carboxylic acids is 3. The number of fused-ring (bicyclic) bond motifs is 1. The van der Waals surface area contributed by atoms with Crippen LogP contribution in [0.5, 0.6) is 0 Å². The number of ether oxygens (including phenoxy) is 3. The van der Waals surface area contributed by atoms with Crippen LogP contribution in [0.4, 0.5) is 4.79 Å². The van der Waals surface area contributed by atoms with Gasteiger partial charge in [0.15, 0.2) is 0 Å². The first kappa shape index (κ1) is 25.8. The summed E-state index contributed by atoms with van der Waals surface area (Å²) in [6.45, 7) is 10.8. The molecule has 0 spiro atoms. The maximum Gasteiger partial charge on any atom is 0.412 e. The molecule has 10 heteroatoms. The average Bonchev–Trinajstić information content (AvgIpc) is 3.26. The largest absolute Gasteiger partial charge is 0.466 e. The number of aromatic amines is 1. The molecule has 2 amide bonds. The normalized spacial score (nSPS) is 18.6. The number of hydrogen-bond acceptors (Lipinski definition) is 6. The summed E-state index contributed by atoms with van der Waals surface area (Å²) in [6, 6.07) is 5.49. The minimum atomic E-state index is -0.998. The molecular formula is C24H32ClN3O6. The summed E-state index contributed by atoms with van der Waals surface area (Å²) in [5.74, 6) is -0.930. The number of hydrogen-bond donors (Lipinski definition) is 2. The van der Waals surface area contributed by atoms with Crippen LogP contribution < -0.4 is 5.32 Å². The van der Waals surface area contributed by atoms with Crippen LogP contribution in [0.2, 0.25) is 5.02 Å². The summed E-state index contributed by atoms with van der Waals surface area (Å²) >= 11 is 6.05. The lowest BCUT2D eigenvalue weighted by Gasteiger charge is -2.37. The average molecular weight is 494 g/mol. The van der Waals surface area contributed by atoms with Crippen LogP contribution in [-0.2, 0) is 19.0 Å². The van der Waals surface area contributed by atoms with Crippen molar-refractivity contribution in [3.05, 3.63) is 35.0 Å². The second kappa shape index (κ2) is 9.84. The standard InChI is InChI=1S/C24H32ClN3O6/c1-7-32-20(29)12-17(19-13-33-24(5,6)28(19)22(31)34-23(2,3)4)27-21(30)18-11-14-10-15(25)8-9-16(14)26-18/h8-11,17,19,26H,7,12-13H2,1-6H3,(H,27,30)/t17?,19-/m0/s1. The van der Waals surface area contributed by atoms with Crippen molar-refractivity contribution < 1.29 is 28.6 Å². The SMILES string of the molecule is CCOC(=O)CC(NC(=O)c1cc2cc(Cl)ccc2[nH]1)[C@@H]1COC(C)(C)N1C(=O)OC(C)(C)C. The van der Waals surface area contributed by atoms with E-state index in [9.17, 15) is 14.4 Å². The molecule has 2 aromatic rings. The van der Waals surface area contributed by atoms with E-state index in [0.29, 0.717) is 10.7 Å². The molecule has 0 radical (unpaired) electrons. The lowest BCUT2D eigenvalue weighted by atomic mass is 10.0. The third kappa shape index (κ3) is 6.01. The van der Waals surface area contributed by atoms with Gasteiger partial charge in [-0.3, -0.25) is 14.5 Å². The number of esters is 1. The molecule has 0 aliphatic carbocycles. The number of amides is 2. The highest BCUT2D eigenvalue weighted by molar-refractivity contribution is 6.31.